The topological polar surface area (TPSA) is 53.6 Å². The van der Waals surface area contributed by atoms with Crippen molar-refractivity contribution in [2.24, 2.45) is 5.41 Å². The lowest BCUT2D eigenvalue weighted by atomic mass is 10.0. The van der Waals surface area contributed by atoms with Gasteiger partial charge in [0.1, 0.15) is 0 Å². The van der Waals surface area contributed by atoms with Crippen molar-refractivity contribution >= 4 is 0 Å². The van der Waals surface area contributed by atoms with E-state index in [4.69, 9.17) is 5.26 Å². The summed E-state index contributed by atoms with van der Waals surface area (Å²) in [6.45, 7) is 6.01. The molecular formula is C13H20N4. The molecule has 1 N–H and O–H groups in total. The van der Waals surface area contributed by atoms with E-state index in [2.05, 4.69) is 41.0 Å². The van der Waals surface area contributed by atoms with Gasteiger partial charge in [-0.1, -0.05) is 13.8 Å². The van der Waals surface area contributed by atoms with E-state index in [1.54, 1.807) is 0 Å². The summed E-state index contributed by atoms with van der Waals surface area (Å²) in [4.78, 5) is 4.38. The van der Waals surface area contributed by atoms with Crippen LogP contribution < -0.4 is 5.32 Å². The number of nitriles is 1. The number of hydrogen-bond donors (Lipinski definition) is 1. The minimum absolute atomic E-state index is 0.248. The number of aromatic nitrogens is 2. The normalized spacial score (nSPS) is 17.1. The molecule has 1 aromatic heterocycles. The Bertz CT molecular complexity index is 409. The van der Waals surface area contributed by atoms with Gasteiger partial charge in [0.15, 0.2) is 0 Å². The standard InChI is InChI=1S/C13H20N4/c1-11(2)15-7-12-8-17(10-16-12)9-13(3-4-13)5-6-14/h8,10-11,15H,3-5,7,9H2,1-2H3. The zero-order valence-corrected chi connectivity index (χ0v) is 10.6. The minimum atomic E-state index is 0.248. The molecule has 1 aromatic rings. The second-order valence-electron chi connectivity index (χ2n) is 5.41. The van der Waals surface area contributed by atoms with Gasteiger partial charge in [0.05, 0.1) is 18.1 Å². The molecule has 1 heterocycles. The van der Waals surface area contributed by atoms with Gasteiger partial charge in [0.2, 0.25) is 0 Å². The van der Waals surface area contributed by atoms with E-state index in [1.165, 1.54) is 12.8 Å². The van der Waals surface area contributed by atoms with E-state index in [0.29, 0.717) is 12.5 Å². The van der Waals surface area contributed by atoms with Crippen molar-refractivity contribution < 1.29 is 0 Å². The molecule has 0 aromatic carbocycles. The fraction of sp³-hybridized carbons (Fsp3) is 0.692. The third-order valence-electron chi connectivity index (χ3n) is 3.31. The molecule has 0 amide bonds. The van der Waals surface area contributed by atoms with Crippen LogP contribution >= 0.6 is 0 Å². The van der Waals surface area contributed by atoms with Crippen molar-refractivity contribution in [3.63, 3.8) is 0 Å². The predicted octanol–water partition coefficient (Wildman–Crippen LogP) is 2.07. The highest BCUT2D eigenvalue weighted by atomic mass is 15.1. The van der Waals surface area contributed by atoms with Crippen LogP contribution in [-0.2, 0) is 13.1 Å². The highest BCUT2D eigenvalue weighted by Gasteiger charge is 2.42. The van der Waals surface area contributed by atoms with Crippen molar-refractivity contribution in [2.45, 2.75) is 52.2 Å². The molecule has 0 radical (unpaired) electrons. The summed E-state index contributed by atoms with van der Waals surface area (Å²) < 4.78 is 2.13. The van der Waals surface area contributed by atoms with Crippen LogP contribution in [0.5, 0.6) is 0 Å². The summed E-state index contributed by atoms with van der Waals surface area (Å²) in [5.74, 6) is 0. The first kappa shape index (κ1) is 12.1. The summed E-state index contributed by atoms with van der Waals surface area (Å²) >= 11 is 0. The highest BCUT2D eigenvalue weighted by molar-refractivity contribution is 5.03. The van der Waals surface area contributed by atoms with E-state index >= 15 is 0 Å². The lowest BCUT2D eigenvalue weighted by Gasteiger charge is -2.10. The second-order valence-corrected chi connectivity index (χ2v) is 5.41. The summed E-state index contributed by atoms with van der Waals surface area (Å²) in [5.41, 5.74) is 1.32. The molecule has 0 atom stereocenters. The second kappa shape index (κ2) is 4.89. The van der Waals surface area contributed by atoms with Gasteiger partial charge in [0.25, 0.3) is 0 Å². The van der Waals surface area contributed by atoms with Gasteiger partial charge in [0, 0.05) is 37.2 Å². The maximum atomic E-state index is 8.79. The molecule has 0 aliphatic heterocycles. The highest BCUT2D eigenvalue weighted by Crippen LogP contribution is 2.49. The molecule has 4 nitrogen and oxygen atoms in total. The van der Waals surface area contributed by atoms with E-state index in [9.17, 15) is 0 Å². The van der Waals surface area contributed by atoms with Crippen LogP contribution in [0.2, 0.25) is 0 Å². The van der Waals surface area contributed by atoms with E-state index in [-0.39, 0.29) is 5.41 Å². The van der Waals surface area contributed by atoms with Crippen molar-refractivity contribution in [3.8, 4) is 6.07 Å². The van der Waals surface area contributed by atoms with Gasteiger partial charge in [-0.2, -0.15) is 5.26 Å². The quantitative estimate of drug-likeness (QED) is 0.817. The van der Waals surface area contributed by atoms with Gasteiger partial charge in [-0.15, -0.1) is 0 Å². The van der Waals surface area contributed by atoms with Crippen LogP contribution in [0.3, 0.4) is 0 Å². The Morgan fingerprint density at radius 1 is 1.59 bits per heavy atom. The lowest BCUT2D eigenvalue weighted by molar-refractivity contribution is 0.431. The molecule has 1 aliphatic carbocycles. The Kier molecular flexibility index (Phi) is 3.49. The Morgan fingerprint density at radius 2 is 2.35 bits per heavy atom. The number of nitrogens with one attached hydrogen (secondary N) is 1. The number of nitrogens with zero attached hydrogens (tertiary/aromatic N) is 3. The van der Waals surface area contributed by atoms with E-state index in [0.717, 1.165) is 18.8 Å². The fourth-order valence-corrected chi connectivity index (χ4v) is 2.02. The van der Waals surface area contributed by atoms with E-state index in [1.807, 2.05) is 6.33 Å². The van der Waals surface area contributed by atoms with Crippen LogP contribution in [0, 0.1) is 16.7 Å². The molecule has 4 heteroatoms. The zero-order valence-electron chi connectivity index (χ0n) is 10.6. The molecule has 17 heavy (non-hydrogen) atoms. The largest absolute Gasteiger partial charge is 0.337 e. The summed E-state index contributed by atoms with van der Waals surface area (Å²) in [7, 11) is 0. The molecule has 92 valence electrons. The average Bonchev–Trinajstić information content (AvgIpc) is 2.87. The smallest absolute Gasteiger partial charge is 0.0950 e. The molecule has 1 aliphatic rings. The minimum Gasteiger partial charge on any atom is -0.337 e. The number of imidazole rings is 1. The first-order chi connectivity index (χ1) is 8.13. The van der Waals surface area contributed by atoms with Crippen molar-refractivity contribution in [2.75, 3.05) is 0 Å². The monoisotopic (exact) mass is 232 g/mol. The molecule has 2 rings (SSSR count). The van der Waals surface area contributed by atoms with Crippen LogP contribution in [0.1, 0.15) is 38.8 Å². The molecule has 0 bridgehead atoms. The van der Waals surface area contributed by atoms with Gasteiger partial charge >= 0.3 is 0 Å². The lowest BCUT2D eigenvalue weighted by Crippen LogP contribution is -2.21. The first-order valence-electron chi connectivity index (χ1n) is 6.24. The third kappa shape index (κ3) is 3.31. The van der Waals surface area contributed by atoms with Gasteiger partial charge in [-0.3, -0.25) is 0 Å². The molecule has 1 saturated carbocycles. The summed E-state index contributed by atoms with van der Waals surface area (Å²) in [6.07, 6.45) is 7.00. The SMILES string of the molecule is CC(C)NCc1cn(CC2(CC#N)CC2)cn1. The zero-order chi connectivity index (χ0) is 12.3. The Labute approximate surface area is 103 Å². The number of rotatable bonds is 6. The van der Waals surface area contributed by atoms with E-state index < -0.39 is 0 Å². The maximum Gasteiger partial charge on any atom is 0.0950 e. The van der Waals surface area contributed by atoms with Crippen molar-refractivity contribution in [3.05, 3.63) is 18.2 Å². The van der Waals surface area contributed by atoms with Crippen molar-refractivity contribution in [1.29, 1.82) is 5.26 Å². The van der Waals surface area contributed by atoms with Crippen molar-refractivity contribution in [1.82, 2.24) is 14.9 Å². The Morgan fingerprint density at radius 3 is 2.94 bits per heavy atom. The van der Waals surface area contributed by atoms with Gasteiger partial charge < -0.3 is 9.88 Å². The van der Waals surface area contributed by atoms with Crippen LogP contribution in [-0.4, -0.2) is 15.6 Å². The third-order valence-corrected chi connectivity index (χ3v) is 3.31. The first-order valence-corrected chi connectivity index (χ1v) is 6.24. The van der Waals surface area contributed by atoms with Crippen LogP contribution in [0.4, 0.5) is 0 Å². The van der Waals surface area contributed by atoms with Gasteiger partial charge in [-0.25, -0.2) is 4.98 Å². The Hall–Kier alpha value is -1.34. The van der Waals surface area contributed by atoms with Gasteiger partial charge in [-0.05, 0) is 12.8 Å². The predicted molar refractivity (Wildman–Crippen MR) is 66.1 cm³/mol. The molecule has 0 spiro atoms. The molecule has 0 saturated heterocycles. The maximum absolute atomic E-state index is 8.79. The number of hydrogen-bond acceptors (Lipinski definition) is 3. The van der Waals surface area contributed by atoms with Crippen LogP contribution in [0.15, 0.2) is 12.5 Å². The summed E-state index contributed by atoms with van der Waals surface area (Å²) in [5, 5.41) is 12.1. The average molecular weight is 232 g/mol. The molecule has 1 fully saturated rings. The Balaban J connectivity index is 1.88. The molecule has 0 unspecified atom stereocenters. The summed E-state index contributed by atoms with van der Waals surface area (Å²) in [6, 6.07) is 2.77. The van der Waals surface area contributed by atoms with Crippen LogP contribution in [0.25, 0.3) is 0 Å². The molecular weight excluding hydrogens is 212 g/mol. The fourth-order valence-electron chi connectivity index (χ4n) is 2.02.